The molecule has 0 radical (unpaired) electrons. The van der Waals surface area contributed by atoms with Gasteiger partial charge in [-0.1, -0.05) is 54.6 Å². The van der Waals surface area contributed by atoms with E-state index in [-0.39, 0.29) is 11.7 Å². The summed E-state index contributed by atoms with van der Waals surface area (Å²) in [5.41, 5.74) is 2.13. The summed E-state index contributed by atoms with van der Waals surface area (Å²) in [6.45, 7) is 0. The SMILES string of the molecule is COc1cccc(NC(=O)C(Cc2ccccc2)NC(=O)c2cc3ccccc3o2)c1. The zero-order chi connectivity index (χ0) is 21.6. The standard InChI is InChI=1S/C25H22N2O4/c1-30-20-12-7-11-19(16-20)26-24(28)21(14-17-8-3-2-4-9-17)27-25(29)23-15-18-10-5-6-13-22(18)31-23/h2-13,15-16,21H,14H2,1H3,(H,26,28)(H,27,29). The van der Waals surface area contributed by atoms with E-state index >= 15 is 0 Å². The molecule has 1 heterocycles. The molecular formula is C25H22N2O4. The van der Waals surface area contributed by atoms with Crippen LogP contribution in [-0.2, 0) is 11.2 Å². The number of amides is 2. The second-order valence-corrected chi connectivity index (χ2v) is 7.09. The van der Waals surface area contributed by atoms with Crippen LogP contribution in [0.3, 0.4) is 0 Å². The lowest BCUT2D eigenvalue weighted by Crippen LogP contribution is -2.45. The zero-order valence-electron chi connectivity index (χ0n) is 17.0. The highest BCUT2D eigenvalue weighted by Gasteiger charge is 2.24. The summed E-state index contributed by atoms with van der Waals surface area (Å²) in [5.74, 6) is 0.0108. The van der Waals surface area contributed by atoms with Crippen LogP contribution in [0.1, 0.15) is 16.1 Å². The number of benzene rings is 3. The van der Waals surface area contributed by atoms with Crippen LogP contribution in [0, 0.1) is 0 Å². The Morgan fingerprint density at radius 1 is 0.935 bits per heavy atom. The maximum atomic E-state index is 13.1. The molecular weight excluding hydrogens is 392 g/mol. The van der Waals surface area contributed by atoms with E-state index in [1.807, 2.05) is 48.5 Å². The molecule has 6 nitrogen and oxygen atoms in total. The molecule has 2 N–H and O–H groups in total. The van der Waals surface area contributed by atoms with Gasteiger partial charge < -0.3 is 19.8 Å². The normalized spacial score (nSPS) is 11.6. The van der Waals surface area contributed by atoms with Crippen molar-refractivity contribution in [3.63, 3.8) is 0 Å². The summed E-state index contributed by atoms with van der Waals surface area (Å²) in [6, 6.07) is 24.8. The number of furan rings is 1. The van der Waals surface area contributed by atoms with Gasteiger partial charge >= 0.3 is 0 Å². The van der Waals surface area contributed by atoms with Crippen LogP contribution in [0.4, 0.5) is 5.69 Å². The molecule has 0 bridgehead atoms. The van der Waals surface area contributed by atoms with Gasteiger partial charge in [-0.25, -0.2) is 0 Å². The minimum absolute atomic E-state index is 0.161. The predicted octanol–water partition coefficient (Wildman–Crippen LogP) is 4.42. The first kappa shape index (κ1) is 20.2. The average Bonchev–Trinajstić information content (AvgIpc) is 3.24. The van der Waals surface area contributed by atoms with Crippen molar-refractivity contribution in [1.29, 1.82) is 0 Å². The molecule has 0 fully saturated rings. The molecule has 0 aliphatic rings. The Bertz CT molecular complexity index is 1170. The van der Waals surface area contributed by atoms with Gasteiger partial charge in [-0.05, 0) is 29.8 Å². The van der Waals surface area contributed by atoms with Crippen LogP contribution in [0.2, 0.25) is 0 Å². The van der Waals surface area contributed by atoms with Gasteiger partial charge in [-0.2, -0.15) is 0 Å². The number of rotatable bonds is 7. The Morgan fingerprint density at radius 2 is 1.71 bits per heavy atom. The highest BCUT2D eigenvalue weighted by atomic mass is 16.5. The van der Waals surface area contributed by atoms with Crippen molar-refractivity contribution in [1.82, 2.24) is 5.32 Å². The van der Waals surface area contributed by atoms with Crippen molar-refractivity contribution in [2.24, 2.45) is 0 Å². The van der Waals surface area contributed by atoms with Crippen LogP contribution >= 0.6 is 0 Å². The summed E-state index contributed by atoms with van der Waals surface area (Å²) in [5, 5.41) is 6.50. The van der Waals surface area contributed by atoms with Gasteiger partial charge in [0.05, 0.1) is 7.11 Å². The Morgan fingerprint density at radius 3 is 2.48 bits per heavy atom. The first-order valence-corrected chi connectivity index (χ1v) is 9.90. The molecule has 2 amide bonds. The van der Waals surface area contributed by atoms with Crippen LogP contribution < -0.4 is 15.4 Å². The van der Waals surface area contributed by atoms with Crippen molar-refractivity contribution in [3.8, 4) is 5.75 Å². The second-order valence-electron chi connectivity index (χ2n) is 7.09. The van der Waals surface area contributed by atoms with E-state index in [0.29, 0.717) is 23.4 Å². The lowest BCUT2D eigenvalue weighted by Gasteiger charge is -2.18. The maximum Gasteiger partial charge on any atom is 0.287 e. The Balaban J connectivity index is 1.55. The Kier molecular flexibility index (Phi) is 5.98. The molecule has 1 atom stereocenters. The van der Waals surface area contributed by atoms with Crippen molar-refractivity contribution in [3.05, 3.63) is 96.3 Å². The van der Waals surface area contributed by atoms with E-state index in [0.717, 1.165) is 10.9 Å². The molecule has 31 heavy (non-hydrogen) atoms. The second kappa shape index (κ2) is 9.17. The van der Waals surface area contributed by atoms with Gasteiger partial charge in [0.25, 0.3) is 5.91 Å². The number of carbonyl (C=O) groups is 2. The van der Waals surface area contributed by atoms with E-state index in [1.165, 1.54) is 0 Å². The van der Waals surface area contributed by atoms with Crippen molar-refractivity contribution >= 4 is 28.5 Å². The van der Waals surface area contributed by atoms with Gasteiger partial charge in [0.2, 0.25) is 5.91 Å². The fraction of sp³-hybridized carbons (Fsp3) is 0.120. The van der Waals surface area contributed by atoms with Gasteiger partial charge in [0.1, 0.15) is 17.4 Å². The summed E-state index contributed by atoms with van der Waals surface area (Å²) in [7, 11) is 1.56. The first-order valence-electron chi connectivity index (χ1n) is 9.90. The largest absolute Gasteiger partial charge is 0.497 e. The molecule has 0 aliphatic heterocycles. The van der Waals surface area contributed by atoms with E-state index in [9.17, 15) is 9.59 Å². The maximum absolute atomic E-state index is 13.1. The van der Waals surface area contributed by atoms with Gasteiger partial charge in [-0.15, -0.1) is 0 Å². The number of hydrogen-bond donors (Lipinski definition) is 2. The monoisotopic (exact) mass is 414 g/mol. The van der Waals surface area contributed by atoms with Gasteiger partial charge in [0, 0.05) is 23.6 Å². The minimum Gasteiger partial charge on any atom is -0.497 e. The molecule has 0 saturated carbocycles. The van der Waals surface area contributed by atoms with Gasteiger partial charge in [0.15, 0.2) is 5.76 Å². The summed E-state index contributed by atoms with van der Waals surface area (Å²) < 4.78 is 10.9. The van der Waals surface area contributed by atoms with Crippen LogP contribution in [0.5, 0.6) is 5.75 Å². The Labute approximate surface area is 179 Å². The lowest BCUT2D eigenvalue weighted by molar-refractivity contribution is -0.118. The number of methoxy groups -OCH3 is 1. The average molecular weight is 414 g/mol. The molecule has 156 valence electrons. The van der Waals surface area contributed by atoms with Crippen molar-refractivity contribution < 1.29 is 18.7 Å². The van der Waals surface area contributed by atoms with Crippen molar-refractivity contribution in [2.75, 3.05) is 12.4 Å². The highest BCUT2D eigenvalue weighted by molar-refractivity contribution is 6.01. The third-order valence-corrected chi connectivity index (χ3v) is 4.89. The number of hydrogen-bond acceptors (Lipinski definition) is 4. The number of anilines is 1. The molecule has 0 aliphatic carbocycles. The topological polar surface area (TPSA) is 80.6 Å². The molecule has 3 aromatic carbocycles. The van der Waals surface area contributed by atoms with E-state index in [1.54, 1.807) is 43.5 Å². The lowest BCUT2D eigenvalue weighted by atomic mass is 10.0. The molecule has 1 unspecified atom stereocenters. The number of carbonyl (C=O) groups excluding carboxylic acids is 2. The van der Waals surface area contributed by atoms with Gasteiger partial charge in [-0.3, -0.25) is 9.59 Å². The highest BCUT2D eigenvalue weighted by Crippen LogP contribution is 2.20. The molecule has 1 aromatic heterocycles. The molecule has 4 aromatic rings. The molecule has 0 saturated heterocycles. The number of ether oxygens (including phenoxy) is 1. The van der Waals surface area contributed by atoms with E-state index < -0.39 is 11.9 Å². The smallest absolute Gasteiger partial charge is 0.287 e. The summed E-state index contributed by atoms with van der Waals surface area (Å²) in [6.07, 6.45) is 0.336. The number of para-hydroxylation sites is 1. The van der Waals surface area contributed by atoms with Crippen LogP contribution in [0.25, 0.3) is 11.0 Å². The van der Waals surface area contributed by atoms with Crippen LogP contribution in [-0.4, -0.2) is 25.0 Å². The fourth-order valence-corrected chi connectivity index (χ4v) is 3.31. The van der Waals surface area contributed by atoms with Crippen LogP contribution in [0.15, 0.2) is 89.3 Å². The van der Waals surface area contributed by atoms with E-state index in [4.69, 9.17) is 9.15 Å². The van der Waals surface area contributed by atoms with Crippen molar-refractivity contribution in [2.45, 2.75) is 12.5 Å². The quantitative estimate of drug-likeness (QED) is 0.469. The Hall–Kier alpha value is -4.06. The number of nitrogens with one attached hydrogen (secondary N) is 2. The molecule has 0 spiro atoms. The van der Waals surface area contributed by atoms with E-state index in [2.05, 4.69) is 10.6 Å². The molecule has 6 heteroatoms. The fourth-order valence-electron chi connectivity index (χ4n) is 3.31. The number of fused-ring (bicyclic) bond motifs is 1. The summed E-state index contributed by atoms with van der Waals surface area (Å²) >= 11 is 0. The first-order chi connectivity index (χ1) is 15.1. The molecule has 4 rings (SSSR count). The third-order valence-electron chi connectivity index (χ3n) is 4.89. The third kappa shape index (κ3) is 4.93. The minimum atomic E-state index is -0.797. The predicted molar refractivity (Wildman–Crippen MR) is 119 cm³/mol. The zero-order valence-corrected chi connectivity index (χ0v) is 17.0. The summed E-state index contributed by atoms with van der Waals surface area (Å²) in [4.78, 5) is 25.9.